The topological polar surface area (TPSA) is 169 Å². The first-order valence-electron chi connectivity index (χ1n) is 18.2. The Morgan fingerprint density at radius 1 is 1.14 bits per heavy atom. The van der Waals surface area contributed by atoms with E-state index in [0.717, 1.165) is 13.0 Å². The van der Waals surface area contributed by atoms with Gasteiger partial charge in [-0.2, -0.15) is 0 Å². The fourth-order valence-corrected chi connectivity index (χ4v) is 7.80. The molecule has 0 aromatic carbocycles. The van der Waals surface area contributed by atoms with Crippen molar-refractivity contribution >= 4 is 17.5 Å². The van der Waals surface area contributed by atoms with Crippen LogP contribution >= 0.6 is 0 Å². The van der Waals surface area contributed by atoms with Gasteiger partial charge in [-0.25, -0.2) is 0 Å². The van der Waals surface area contributed by atoms with Gasteiger partial charge in [-0.1, -0.05) is 32.9 Å². The van der Waals surface area contributed by atoms with E-state index in [4.69, 9.17) is 30.2 Å². The van der Waals surface area contributed by atoms with Gasteiger partial charge in [0.25, 0.3) is 0 Å². The highest BCUT2D eigenvalue weighted by molar-refractivity contribution is 6.00. The lowest BCUT2D eigenvalue weighted by Gasteiger charge is -2.47. The first-order chi connectivity index (χ1) is 23.4. The zero-order chi connectivity index (χ0) is 37.6. The van der Waals surface area contributed by atoms with E-state index in [-0.39, 0.29) is 31.1 Å². The molecule has 0 aliphatic carbocycles. The van der Waals surface area contributed by atoms with Gasteiger partial charge in [-0.05, 0) is 60.5 Å². The number of ketones is 1. The van der Waals surface area contributed by atoms with E-state index < -0.39 is 77.3 Å². The van der Waals surface area contributed by atoms with Gasteiger partial charge >= 0.3 is 5.97 Å². The highest BCUT2D eigenvalue weighted by Gasteiger charge is 2.51. The zero-order valence-electron chi connectivity index (χ0n) is 31.8. The van der Waals surface area contributed by atoms with E-state index in [0.29, 0.717) is 31.6 Å². The van der Waals surface area contributed by atoms with Gasteiger partial charge in [0.2, 0.25) is 0 Å². The number of carbonyl (C=O) groups excluding carboxylic acids is 2. The highest BCUT2D eigenvalue weighted by atomic mass is 16.7. The summed E-state index contributed by atoms with van der Waals surface area (Å²) in [4.78, 5) is 35.7. The zero-order valence-corrected chi connectivity index (χ0v) is 31.8. The Labute approximate surface area is 298 Å². The molecule has 286 valence electrons. The molecule has 0 spiro atoms. The minimum Gasteiger partial charge on any atom is -0.459 e. The number of nitrogens with one attached hydrogen (secondary N) is 1. The van der Waals surface area contributed by atoms with E-state index in [2.05, 4.69) is 16.4 Å². The predicted octanol–water partition coefficient (Wildman–Crippen LogP) is 2.28. The Bertz CT molecular complexity index is 1200. The Kier molecular flexibility index (Phi) is 15.3. The number of terminal acetylenes is 1. The average molecular weight is 710 g/mol. The van der Waals surface area contributed by atoms with Crippen molar-refractivity contribution in [2.24, 2.45) is 28.8 Å². The standard InChI is InChI=1S/C37H63N3O10/c1-12-14-17-40(10)27-18-22(4)47-35(31(27)42)49-33-24(6)30(41)25(7)34(44)48-28(13-2)37(9,45)32(43)23(5)29(21(3)19-36(33,8)46-11)39-50-26-15-16-38-20-26/h1,21-28,31-33,35,38,42-43,45H,13-20H2,2-11H3/b39-29+/t21-,22-,23+,24-,25-,26-,27+,28-,31-,32?,33-,35?,36-,37-/m1/s1. The predicted molar refractivity (Wildman–Crippen MR) is 188 cm³/mol. The molecule has 0 bridgehead atoms. The van der Waals surface area contributed by atoms with Crippen LogP contribution in [0.4, 0.5) is 0 Å². The number of esters is 1. The monoisotopic (exact) mass is 709 g/mol. The van der Waals surface area contributed by atoms with E-state index in [9.17, 15) is 24.9 Å². The molecular formula is C37H63N3O10. The van der Waals surface area contributed by atoms with Gasteiger partial charge < -0.3 is 44.4 Å². The van der Waals surface area contributed by atoms with Crippen LogP contribution in [-0.2, 0) is 33.4 Å². The van der Waals surface area contributed by atoms with Crippen molar-refractivity contribution in [2.75, 3.05) is 33.8 Å². The minimum atomic E-state index is -1.89. The third kappa shape index (κ3) is 9.63. The van der Waals surface area contributed by atoms with E-state index in [1.807, 2.05) is 32.7 Å². The average Bonchev–Trinajstić information content (AvgIpc) is 3.61. The number of aliphatic hydroxyl groups excluding tert-OH is 2. The Morgan fingerprint density at radius 3 is 2.40 bits per heavy atom. The molecule has 3 fully saturated rings. The molecule has 0 amide bonds. The number of oxime groups is 1. The van der Waals surface area contributed by atoms with Gasteiger partial charge in [0.05, 0.1) is 29.6 Å². The van der Waals surface area contributed by atoms with Crippen molar-refractivity contribution in [1.29, 1.82) is 0 Å². The molecule has 4 N–H and O–H groups in total. The molecule has 3 rings (SSSR count). The lowest BCUT2D eigenvalue weighted by molar-refractivity contribution is -0.295. The van der Waals surface area contributed by atoms with Crippen LogP contribution in [0.15, 0.2) is 5.16 Å². The molecule has 3 aliphatic heterocycles. The summed E-state index contributed by atoms with van der Waals surface area (Å²) < 4.78 is 24.8. The van der Waals surface area contributed by atoms with Crippen molar-refractivity contribution in [3.63, 3.8) is 0 Å². The summed E-state index contributed by atoms with van der Waals surface area (Å²) in [6.07, 6.45) is 1.51. The van der Waals surface area contributed by atoms with Crippen molar-refractivity contribution in [1.82, 2.24) is 10.2 Å². The number of likely N-dealkylation sites (N-methyl/N-ethyl adjacent to an activating group) is 1. The molecule has 3 heterocycles. The van der Waals surface area contributed by atoms with E-state index >= 15 is 0 Å². The second-order valence-corrected chi connectivity index (χ2v) is 15.2. The molecule has 13 nitrogen and oxygen atoms in total. The molecule has 0 radical (unpaired) electrons. The quantitative estimate of drug-likeness (QED) is 0.120. The van der Waals surface area contributed by atoms with Crippen LogP contribution < -0.4 is 5.32 Å². The summed E-state index contributed by atoms with van der Waals surface area (Å²) in [6.45, 7) is 15.7. The van der Waals surface area contributed by atoms with Gasteiger partial charge in [0, 0.05) is 56.8 Å². The number of hydrogen-bond donors (Lipinski definition) is 4. The lowest BCUT2D eigenvalue weighted by Crippen LogP contribution is -2.60. The van der Waals surface area contributed by atoms with Crippen molar-refractivity contribution < 1.29 is 48.7 Å². The van der Waals surface area contributed by atoms with Gasteiger partial charge in [-0.3, -0.25) is 14.5 Å². The molecule has 0 aromatic heterocycles. The number of ether oxygens (including phenoxy) is 4. The maximum atomic E-state index is 14.2. The lowest BCUT2D eigenvalue weighted by atomic mass is 9.74. The van der Waals surface area contributed by atoms with E-state index in [1.165, 1.54) is 21.0 Å². The van der Waals surface area contributed by atoms with Crippen molar-refractivity contribution in [3.05, 3.63) is 0 Å². The largest absolute Gasteiger partial charge is 0.459 e. The first-order valence-corrected chi connectivity index (χ1v) is 18.2. The van der Waals surface area contributed by atoms with Crippen LogP contribution in [0, 0.1) is 36.0 Å². The van der Waals surface area contributed by atoms with E-state index in [1.54, 1.807) is 20.8 Å². The molecule has 3 saturated heterocycles. The minimum absolute atomic E-state index is 0.167. The van der Waals surface area contributed by atoms with Crippen LogP contribution in [0.3, 0.4) is 0 Å². The SMILES string of the molecule is C#CCCN(C)[C@H]1C[C@@H](C)OC(O[C@@H]2[C@H](C)C(=O)[C@@H](C)C(=O)O[C@H](CC)[C@@](C)(O)C(O)[C@@H](C)/C(=N/O[C@@H]3CCNC3)[C@H](C)C[C@@]2(C)OC)[C@@H]1O. The third-order valence-electron chi connectivity index (χ3n) is 11.2. The Balaban J connectivity index is 2.12. The number of hydrogen-bond acceptors (Lipinski definition) is 13. The number of methoxy groups -OCH3 is 1. The van der Waals surface area contributed by atoms with Crippen molar-refractivity contribution in [3.8, 4) is 12.3 Å². The van der Waals surface area contributed by atoms with Crippen molar-refractivity contribution in [2.45, 2.75) is 148 Å². The summed E-state index contributed by atoms with van der Waals surface area (Å²) >= 11 is 0. The number of cyclic esters (lactones) is 1. The summed E-state index contributed by atoms with van der Waals surface area (Å²) in [7, 11) is 3.41. The summed E-state index contributed by atoms with van der Waals surface area (Å²) in [5, 5.41) is 42.9. The molecule has 50 heavy (non-hydrogen) atoms. The van der Waals surface area contributed by atoms with Crippen LogP contribution in [0.25, 0.3) is 0 Å². The number of aliphatic hydroxyl groups is 3. The number of carbonyl (C=O) groups is 2. The van der Waals surface area contributed by atoms with Crippen LogP contribution in [0.2, 0.25) is 0 Å². The fraction of sp³-hybridized carbons (Fsp3) is 0.865. The second-order valence-electron chi connectivity index (χ2n) is 15.2. The smallest absolute Gasteiger partial charge is 0.316 e. The first kappa shape index (κ1) is 42.3. The summed E-state index contributed by atoms with van der Waals surface area (Å²) in [6, 6.07) is -0.328. The molecule has 2 unspecified atom stereocenters. The number of rotatable bonds is 9. The Morgan fingerprint density at radius 2 is 1.82 bits per heavy atom. The van der Waals surface area contributed by atoms with Crippen LogP contribution in [0.5, 0.6) is 0 Å². The normalized spacial score (nSPS) is 43.3. The highest BCUT2D eigenvalue weighted by Crippen LogP contribution is 2.38. The van der Waals surface area contributed by atoms with Crippen LogP contribution in [-0.4, -0.2) is 132 Å². The second kappa shape index (κ2) is 18.1. The molecule has 13 heteroatoms. The Hall–Kier alpha value is -2.15. The fourth-order valence-electron chi connectivity index (χ4n) is 7.80. The maximum absolute atomic E-state index is 14.2. The summed E-state index contributed by atoms with van der Waals surface area (Å²) in [5.74, 6) is -2.00. The molecule has 3 aliphatic rings. The molecule has 0 saturated carbocycles. The summed E-state index contributed by atoms with van der Waals surface area (Å²) in [5.41, 5.74) is -2.63. The maximum Gasteiger partial charge on any atom is 0.316 e. The number of Topliss-reactive ketones (excluding diaryl/α,β-unsaturated/α-hetero) is 1. The molecule has 0 aromatic rings. The van der Waals surface area contributed by atoms with Gasteiger partial charge in [0.1, 0.15) is 29.8 Å². The van der Waals surface area contributed by atoms with Crippen LogP contribution in [0.1, 0.15) is 87.5 Å². The number of nitrogens with zero attached hydrogens (tertiary/aromatic N) is 2. The van der Waals surface area contributed by atoms with Gasteiger partial charge in [0.15, 0.2) is 12.1 Å². The molecular weight excluding hydrogens is 646 g/mol. The third-order valence-corrected chi connectivity index (χ3v) is 11.2. The molecule has 14 atom stereocenters. The van der Waals surface area contributed by atoms with Gasteiger partial charge in [-0.15, -0.1) is 12.3 Å².